The molecule has 0 spiro atoms. The zero-order chi connectivity index (χ0) is 15.7. The Bertz CT molecular complexity index is 601. The van der Waals surface area contributed by atoms with Gasteiger partial charge < -0.3 is 10.4 Å². The van der Waals surface area contributed by atoms with E-state index in [2.05, 4.69) is 5.32 Å². The maximum absolute atomic E-state index is 12.6. The van der Waals surface area contributed by atoms with Crippen LogP contribution in [0.4, 0.5) is 13.2 Å². The summed E-state index contributed by atoms with van der Waals surface area (Å²) in [6.45, 7) is 0.0154. The van der Waals surface area contributed by atoms with Crippen molar-refractivity contribution in [3.8, 4) is 0 Å². The highest BCUT2D eigenvalue weighted by Crippen LogP contribution is 2.30. The number of aliphatic hydroxyl groups excluding tert-OH is 1. The van der Waals surface area contributed by atoms with Crippen molar-refractivity contribution in [3.05, 3.63) is 35.4 Å². The summed E-state index contributed by atoms with van der Waals surface area (Å²) in [5, 5.41) is 12.8. The molecule has 1 aliphatic rings. The summed E-state index contributed by atoms with van der Waals surface area (Å²) in [4.78, 5) is 0. The van der Waals surface area contributed by atoms with Crippen molar-refractivity contribution >= 4 is 9.84 Å². The van der Waals surface area contributed by atoms with Gasteiger partial charge in [-0.25, -0.2) is 8.42 Å². The Kier molecular flexibility index (Phi) is 4.60. The van der Waals surface area contributed by atoms with E-state index in [9.17, 15) is 26.7 Å². The second-order valence-corrected chi connectivity index (χ2v) is 7.38. The van der Waals surface area contributed by atoms with Crippen molar-refractivity contribution < 1.29 is 26.7 Å². The highest BCUT2D eigenvalue weighted by Gasteiger charge is 2.31. The predicted octanol–water partition coefficient (Wildman–Crippen LogP) is 1.52. The smallest absolute Gasteiger partial charge is 0.387 e. The average Bonchev–Trinajstić information content (AvgIpc) is 2.75. The number of aliphatic hydroxyl groups is 1. The Morgan fingerprint density at radius 1 is 1.38 bits per heavy atom. The van der Waals surface area contributed by atoms with E-state index in [-0.39, 0.29) is 29.7 Å². The zero-order valence-corrected chi connectivity index (χ0v) is 11.9. The monoisotopic (exact) mass is 323 g/mol. The van der Waals surface area contributed by atoms with Gasteiger partial charge in [0.25, 0.3) is 0 Å². The lowest BCUT2D eigenvalue weighted by molar-refractivity contribution is -0.137. The fourth-order valence-corrected chi connectivity index (χ4v) is 3.98. The molecule has 0 amide bonds. The lowest BCUT2D eigenvalue weighted by Gasteiger charge is -2.17. The molecule has 1 heterocycles. The predicted molar refractivity (Wildman–Crippen MR) is 71.5 cm³/mol. The van der Waals surface area contributed by atoms with Gasteiger partial charge in [0.15, 0.2) is 9.84 Å². The van der Waals surface area contributed by atoms with Crippen LogP contribution in [0.15, 0.2) is 24.3 Å². The third kappa shape index (κ3) is 4.42. The van der Waals surface area contributed by atoms with Crippen LogP contribution in [-0.2, 0) is 16.0 Å². The van der Waals surface area contributed by atoms with Crippen molar-refractivity contribution in [1.82, 2.24) is 5.32 Å². The highest BCUT2D eigenvalue weighted by molar-refractivity contribution is 7.91. The molecule has 0 bridgehead atoms. The van der Waals surface area contributed by atoms with Crippen molar-refractivity contribution in [2.45, 2.75) is 24.7 Å². The molecule has 1 aromatic carbocycles. The quantitative estimate of drug-likeness (QED) is 0.882. The summed E-state index contributed by atoms with van der Waals surface area (Å²) in [6.07, 6.45) is -5.11. The third-order valence-corrected chi connectivity index (χ3v) is 5.20. The van der Waals surface area contributed by atoms with Crippen LogP contribution in [0.25, 0.3) is 0 Å². The molecule has 8 heteroatoms. The first kappa shape index (κ1) is 16.3. The first-order chi connectivity index (χ1) is 9.67. The summed E-state index contributed by atoms with van der Waals surface area (Å²) in [7, 11) is -3.03. The third-order valence-electron chi connectivity index (χ3n) is 3.43. The van der Waals surface area contributed by atoms with Crippen LogP contribution in [-0.4, -0.2) is 37.6 Å². The number of hydrogen-bond acceptors (Lipinski definition) is 4. The number of hydrogen-bond donors (Lipinski definition) is 2. The summed E-state index contributed by atoms with van der Waals surface area (Å²) >= 11 is 0. The molecule has 1 fully saturated rings. The molecule has 0 aliphatic carbocycles. The molecule has 21 heavy (non-hydrogen) atoms. The minimum atomic E-state index is -4.46. The molecule has 4 nitrogen and oxygen atoms in total. The fraction of sp³-hybridized carbons (Fsp3) is 0.538. The van der Waals surface area contributed by atoms with Gasteiger partial charge in [0.1, 0.15) is 0 Å². The van der Waals surface area contributed by atoms with E-state index in [1.165, 1.54) is 12.1 Å². The molecule has 0 aromatic heterocycles. The molecule has 2 rings (SSSR count). The molecular formula is C13H16F3NO3S. The van der Waals surface area contributed by atoms with Gasteiger partial charge in [-0.15, -0.1) is 0 Å². The number of benzene rings is 1. The molecule has 0 saturated carbocycles. The van der Waals surface area contributed by atoms with Crippen LogP contribution in [0.3, 0.4) is 0 Å². The average molecular weight is 323 g/mol. The topological polar surface area (TPSA) is 66.4 Å². The molecule has 118 valence electrons. The molecule has 1 aromatic rings. The van der Waals surface area contributed by atoms with E-state index in [0.29, 0.717) is 6.42 Å². The van der Waals surface area contributed by atoms with Crippen LogP contribution in [0.2, 0.25) is 0 Å². The first-order valence-electron chi connectivity index (χ1n) is 6.46. The van der Waals surface area contributed by atoms with Crippen LogP contribution in [0, 0.1) is 0 Å². The van der Waals surface area contributed by atoms with E-state index in [4.69, 9.17) is 0 Å². The van der Waals surface area contributed by atoms with Crippen LogP contribution >= 0.6 is 0 Å². The number of rotatable bonds is 4. The van der Waals surface area contributed by atoms with Crippen molar-refractivity contribution in [3.63, 3.8) is 0 Å². The number of halogens is 3. The van der Waals surface area contributed by atoms with Gasteiger partial charge in [-0.05, 0) is 24.1 Å². The van der Waals surface area contributed by atoms with Crippen LogP contribution in [0.1, 0.15) is 23.7 Å². The van der Waals surface area contributed by atoms with Crippen molar-refractivity contribution in [2.75, 3.05) is 18.1 Å². The van der Waals surface area contributed by atoms with Gasteiger partial charge in [-0.1, -0.05) is 12.1 Å². The molecule has 1 aliphatic heterocycles. The molecule has 2 unspecified atom stereocenters. The SMILES string of the molecule is O=S1(=O)CCC(NCC(O)c2cccc(C(F)(F)F)c2)C1. The molecular weight excluding hydrogens is 307 g/mol. The molecule has 2 N–H and O–H groups in total. The Morgan fingerprint density at radius 3 is 2.67 bits per heavy atom. The maximum Gasteiger partial charge on any atom is 0.416 e. The lowest BCUT2D eigenvalue weighted by Crippen LogP contribution is -2.33. The number of sulfone groups is 1. The molecule has 1 saturated heterocycles. The van der Waals surface area contributed by atoms with E-state index >= 15 is 0 Å². The van der Waals surface area contributed by atoms with Gasteiger partial charge in [0.2, 0.25) is 0 Å². The minimum Gasteiger partial charge on any atom is -0.387 e. The zero-order valence-electron chi connectivity index (χ0n) is 11.1. The summed E-state index contributed by atoms with van der Waals surface area (Å²) in [5.74, 6) is 0.104. The van der Waals surface area contributed by atoms with Crippen molar-refractivity contribution in [1.29, 1.82) is 0 Å². The standard InChI is InChI=1S/C13H16F3NO3S/c14-13(15,16)10-3-1-2-9(6-10)12(18)7-17-11-4-5-21(19,20)8-11/h1-3,6,11-12,17-18H,4-5,7-8H2. The van der Waals surface area contributed by atoms with E-state index in [0.717, 1.165) is 12.1 Å². The van der Waals surface area contributed by atoms with E-state index < -0.39 is 27.7 Å². The second kappa shape index (κ2) is 5.94. The van der Waals surface area contributed by atoms with Crippen molar-refractivity contribution in [2.24, 2.45) is 0 Å². The summed E-state index contributed by atoms with van der Waals surface area (Å²) < 4.78 is 60.3. The van der Waals surface area contributed by atoms with E-state index in [1.807, 2.05) is 0 Å². The number of nitrogens with one attached hydrogen (secondary N) is 1. The Labute approximate surface area is 120 Å². The summed E-state index contributed by atoms with van der Waals surface area (Å²) in [6, 6.07) is 4.23. The van der Waals surface area contributed by atoms with E-state index in [1.54, 1.807) is 0 Å². The number of alkyl halides is 3. The lowest BCUT2D eigenvalue weighted by atomic mass is 10.1. The summed E-state index contributed by atoms with van der Waals surface area (Å²) in [5.41, 5.74) is -0.666. The Hall–Kier alpha value is -1.12. The van der Waals surface area contributed by atoms with Gasteiger partial charge in [0, 0.05) is 12.6 Å². The van der Waals surface area contributed by atoms with Gasteiger partial charge in [0.05, 0.1) is 23.2 Å². The second-order valence-electron chi connectivity index (χ2n) is 5.15. The normalized spacial score (nSPS) is 23.1. The minimum absolute atomic E-state index is 0.00229. The van der Waals surface area contributed by atoms with Gasteiger partial charge in [-0.3, -0.25) is 0 Å². The maximum atomic E-state index is 12.6. The first-order valence-corrected chi connectivity index (χ1v) is 8.28. The van der Waals surface area contributed by atoms with Crippen LogP contribution < -0.4 is 5.32 Å². The molecule has 2 atom stereocenters. The highest BCUT2D eigenvalue weighted by atomic mass is 32.2. The van der Waals surface area contributed by atoms with Gasteiger partial charge in [-0.2, -0.15) is 13.2 Å². The Balaban J connectivity index is 1.96. The van der Waals surface area contributed by atoms with Crippen LogP contribution in [0.5, 0.6) is 0 Å². The largest absolute Gasteiger partial charge is 0.416 e. The fourth-order valence-electron chi connectivity index (χ4n) is 2.27. The Morgan fingerprint density at radius 2 is 2.10 bits per heavy atom. The molecule has 0 radical (unpaired) electrons. The van der Waals surface area contributed by atoms with Gasteiger partial charge >= 0.3 is 6.18 Å².